The summed E-state index contributed by atoms with van der Waals surface area (Å²) in [5.74, 6) is -1.15. The molecule has 1 aromatic heterocycles. The fraction of sp³-hybridized carbons (Fsp3) is 0.350. The third kappa shape index (κ3) is 5.32. The maximum absolute atomic E-state index is 12.1. The van der Waals surface area contributed by atoms with Gasteiger partial charge >= 0.3 is 11.9 Å². The number of thiophene rings is 1. The van der Waals surface area contributed by atoms with E-state index in [9.17, 15) is 14.4 Å². The van der Waals surface area contributed by atoms with Gasteiger partial charge in [-0.25, -0.2) is 9.59 Å². The van der Waals surface area contributed by atoms with Crippen molar-refractivity contribution in [3.63, 3.8) is 0 Å². The molecular weight excluding hydrogens is 382 g/mol. The van der Waals surface area contributed by atoms with E-state index >= 15 is 0 Å². The molecule has 0 aliphatic rings. The van der Waals surface area contributed by atoms with Gasteiger partial charge in [0, 0.05) is 4.88 Å². The first-order valence-corrected chi connectivity index (χ1v) is 9.38. The standard InChI is InChI=1S/C20H23NO6S/c1-11-6-7-12(2)15(8-11)26-10-17(23)27-9-16(22)21-19-18(20(24)25-5)13(3)14(4)28-19/h6-8H,9-10H2,1-5H3,(H,21,22). The van der Waals surface area contributed by atoms with Crippen LogP contribution in [0.15, 0.2) is 18.2 Å². The zero-order valence-corrected chi connectivity index (χ0v) is 17.3. The number of carbonyl (C=O) groups is 3. The first kappa shape index (κ1) is 21.4. The van der Waals surface area contributed by atoms with E-state index in [1.807, 2.05) is 39.0 Å². The molecule has 2 aromatic rings. The number of hydrogen-bond acceptors (Lipinski definition) is 7. The summed E-state index contributed by atoms with van der Waals surface area (Å²) in [7, 11) is 1.28. The van der Waals surface area contributed by atoms with Gasteiger partial charge in [0.25, 0.3) is 5.91 Å². The molecule has 150 valence electrons. The summed E-state index contributed by atoms with van der Waals surface area (Å²) in [5.41, 5.74) is 2.96. The van der Waals surface area contributed by atoms with E-state index in [2.05, 4.69) is 5.32 Å². The second kappa shape index (κ2) is 9.36. The maximum Gasteiger partial charge on any atom is 0.344 e. The smallest absolute Gasteiger partial charge is 0.344 e. The van der Waals surface area contributed by atoms with Crippen LogP contribution in [0, 0.1) is 27.7 Å². The van der Waals surface area contributed by atoms with Crippen molar-refractivity contribution < 1.29 is 28.6 Å². The zero-order chi connectivity index (χ0) is 20.8. The molecule has 0 saturated carbocycles. The Balaban J connectivity index is 1.89. The van der Waals surface area contributed by atoms with Crippen LogP contribution in [-0.2, 0) is 19.1 Å². The number of hydrogen-bond donors (Lipinski definition) is 1. The molecule has 1 amide bonds. The summed E-state index contributed by atoms with van der Waals surface area (Å²) in [6.07, 6.45) is 0. The Bertz CT molecular complexity index is 902. The largest absolute Gasteiger partial charge is 0.482 e. The summed E-state index contributed by atoms with van der Waals surface area (Å²) in [5, 5.41) is 2.96. The fourth-order valence-corrected chi connectivity index (χ4v) is 3.48. The van der Waals surface area contributed by atoms with Crippen LogP contribution in [-0.4, -0.2) is 38.2 Å². The lowest BCUT2D eigenvalue weighted by molar-refractivity contribution is -0.149. The molecule has 0 aliphatic carbocycles. The third-order valence-electron chi connectivity index (χ3n) is 4.08. The first-order chi connectivity index (χ1) is 13.2. The highest BCUT2D eigenvalue weighted by Crippen LogP contribution is 2.32. The number of anilines is 1. The minimum absolute atomic E-state index is 0.303. The second-order valence-corrected chi connectivity index (χ2v) is 7.47. The van der Waals surface area contributed by atoms with E-state index in [-0.39, 0.29) is 6.61 Å². The van der Waals surface area contributed by atoms with Gasteiger partial charge in [0.1, 0.15) is 10.8 Å². The van der Waals surface area contributed by atoms with E-state index in [0.29, 0.717) is 16.3 Å². The summed E-state index contributed by atoms with van der Waals surface area (Å²) >= 11 is 1.26. The second-order valence-electron chi connectivity index (χ2n) is 6.25. The molecule has 1 heterocycles. The molecule has 0 radical (unpaired) electrons. The van der Waals surface area contributed by atoms with Gasteiger partial charge in [0.15, 0.2) is 13.2 Å². The van der Waals surface area contributed by atoms with Gasteiger partial charge in [-0.1, -0.05) is 12.1 Å². The van der Waals surface area contributed by atoms with Crippen molar-refractivity contribution in [1.82, 2.24) is 0 Å². The van der Waals surface area contributed by atoms with Crippen molar-refractivity contribution in [2.45, 2.75) is 27.7 Å². The number of carbonyl (C=O) groups excluding carboxylic acids is 3. The van der Waals surface area contributed by atoms with Crippen LogP contribution in [0.2, 0.25) is 0 Å². The Hall–Kier alpha value is -2.87. The minimum Gasteiger partial charge on any atom is -0.482 e. The number of aryl methyl sites for hydroxylation is 3. The van der Waals surface area contributed by atoms with Crippen molar-refractivity contribution >= 4 is 34.2 Å². The van der Waals surface area contributed by atoms with Crippen LogP contribution >= 0.6 is 11.3 Å². The van der Waals surface area contributed by atoms with E-state index in [0.717, 1.165) is 21.6 Å². The monoisotopic (exact) mass is 405 g/mol. The predicted octanol–water partition coefficient (Wildman–Crippen LogP) is 3.33. The minimum atomic E-state index is -0.664. The molecule has 1 aromatic carbocycles. The number of ether oxygens (including phenoxy) is 3. The van der Waals surface area contributed by atoms with Crippen molar-refractivity contribution in [3.8, 4) is 5.75 Å². The van der Waals surface area contributed by atoms with E-state index in [1.54, 1.807) is 6.92 Å². The molecule has 0 bridgehead atoms. The predicted molar refractivity (Wildman–Crippen MR) is 106 cm³/mol. The van der Waals surface area contributed by atoms with E-state index in [1.165, 1.54) is 18.4 Å². The van der Waals surface area contributed by atoms with Gasteiger partial charge in [-0.05, 0) is 50.5 Å². The molecule has 28 heavy (non-hydrogen) atoms. The van der Waals surface area contributed by atoms with Gasteiger partial charge in [-0.3, -0.25) is 4.79 Å². The molecule has 0 aliphatic heterocycles. The molecular formula is C20H23NO6S. The average molecular weight is 405 g/mol. The lowest BCUT2D eigenvalue weighted by Gasteiger charge is -2.10. The van der Waals surface area contributed by atoms with Gasteiger partial charge in [0.05, 0.1) is 12.7 Å². The Kier molecular flexibility index (Phi) is 7.17. The fourth-order valence-electron chi connectivity index (χ4n) is 2.41. The topological polar surface area (TPSA) is 90.9 Å². The van der Waals surface area contributed by atoms with Gasteiger partial charge in [-0.15, -0.1) is 11.3 Å². The third-order valence-corrected chi connectivity index (χ3v) is 5.20. The molecule has 1 N–H and O–H groups in total. The first-order valence-electron chi connectivity index (χ1n) is 8.56. The summed E-state index contributed by atoms with van der Waals surface area (Å²) in [4.78, 5) is 36.8. The number of methoxy groups -OCH3 is 1. The SMILES string of the molecule is COC(=O)c1c(NC(=O)COC(=O)COc2cc(C)ccc2C)sc(C)c1C. The highest BCUT2D eigenvalue weighted by Gasteiger charge is 2.22. The van der Waals surface area contributed by atoms with Gasteiger partial charge in [-0.2, -0.15) is 0 Å². The molecule has 0 unspecified atom stereocenters. The van der Waals surface area contributed by atoms with E-state index in [4.69, 9.17) is 14.2 Å². The van der Waals surface area contributed by atoms with Crippen molar-refractivity contribution in [3.05, 3.63) is 45.3 Å². The maximum atomic E-state index is 12.1. The lowest BCUT2D eigenvalue weighted by Crippen LogP contribution is -2.24. The van der Waals surface area contributed by atoms with Crippen LogP contribution in [0.25, 0.3) is 0 Å². The molecule has 8 heteroatoms. The van der Waals surface area contributed by atoms with Gasteiger partial charge in [0.2, 0.25) is 0 Å². The summed E-state index contributed by atoms with van der Waals surface area (Å²) < 4.78 is 15.2. The van der Waals surface area contributed by atoms with Crippen LogP contribution < -0.4 is 10.1 Å². The Morgan fingerprint density at radius 2 is 1.79 bits per heavy atom. The number of nitrogens with one attached hydrogen (secondary N) is 1. The highest BCUT2D eigenvalue weighted by atomic mass is 32.1. The highest BCUT2D eigenvalue weighted by molar-refractivity contribution is 7.16. The van der Waals surface area contributed by atoms with Crippen molar-refractivity contribution in [1.29, 1.82) is 0 Å². The Morgan fingerprint density at radius 1 is 1.07 bits per heavy atom. The molecule has 0 saturated heterocycles. The van der Waals surface area contributed by atoms with Crippen LogP contribution in [0.4, 0.5) is 5.00 Å². The normalized spacial score (nSPS) is 10.3. The number of benzene rings is 1. The number of rotatable bonds is 7. The van der Waals surface area contributed by atoms with Crippen molar-refractivity contribution in [2.75, 3.05) is 25.6 Å². The molecule has 7 nitrogen and oxygen atoms in total. The quantitative estimate of drug-likeness (QED) is 0.711. The number of esters is 2. The van der Waals surface area contributed by atoms with E-state index < -0.39 is 24.5 Å². The molecule has 0 fully saturated rings. The zero-order valence-electron chi connectivity index (χ0n) is 16.5. The lowest BCUT2D eigenvalue weighted by atomic mass is 10.1. The van der Waals surface area contributed by atoms with Crippen LogP contribution in [0.5, 0.6) is 5.75 Å². The average Bonchev–Trinajstić information content (AvgIpc) is 2.93. The molecule has 2 rings (SSSR count). The number of amides is 1. The molecule has 0 atom stereocenters. The van der Waals surface area contributed by atoms with Crippen LogP contribution in [0.3, 0.4) is 0 Å². The van der Waals surface area contributed by atoms with Crippen molar-refractivity contribution in [2.24, 2.45) is 0 Å². The Labute approximate surface area is 167 Å². The molecule has 0 spiro atoms. The van der Waals surface area contributed by atoms with Gasteiger partial charge < -0.3 is 19.5 Å². The summed E-state index contributed by atoms with van der Waals surface area (Å²) in [6, 6.07) is 5.67. The van der Waals surface area contributed by atoms with Crippen LogP contribution in [0.1, 0.15) is 31.9 Å². The summed E-state index contributed by atoms with van der Waals surface area (Å²) in [6.45, 7) is 6.63. The Morgan fingerprint density at radius 3 is 2.46 bits per heavy atom.